The van der Waals surface area contributed by atoms with Crippen LogP contribution in [0.4, 0.5) is 15.8 Å². The molecule has 0 bridgehead atoms. The van der Waals surface area contributed by atoms with Gasteiger partial charge in [-0.2, -0.15) is 0 Å². The van der Waals surface area contributed by atoms with Gasteiger partial charge in [-0.1, -0.05) is 32.1 Å². The molecule has 1 fully saturated rings. The van der Waals surface area contributed by atoms with Gasteiger partial charge in [-0.25, -0.2) is 4.39 Å². The van der Waals surface area contributed by atoms with Gasteiger partial charge in [0.05, 0.1) is 9.40 Å². The van der Waals surface area contributed by atoms with Crippen LogP contribution in [0.3, 0.4) is 0 Å². The van der Waals surface area contributed by atoms with Crippen LogP contribution in [-0.2, 0) is 0 Å². The first-order chi connectivity index (χ1) is 9.58. The Balaban J connectivity index is 1.97. The van der Waals surface area contributed by atoms with Crippen LogP contribution < -0.4 is 5.32 Å². The molecule has 6 heteroatoms. The Kier molecular flexibility index (Phi) is 5.34. The van der Waals surface area contributed by atoms with Crippen LogP contribution in [0.2, 0.25) is 0 Å². The third-order valence-corrected chi connectivity index (χ3v) is 4.44. The molecular weight excluding hydrogens is 327 g/mol. The molecule has 0 aliphatic heterocycles. The van der Waals surface area contributed by atoms with Gasteiger partial charge < -0.3 is 5.32 Å². The van der Waals surface area contributed by atoms with E-state index in [1.54, 1.807) is 0 Å². The highest BCUT2D eigenvalue weighted by Gasteiger charge is 2.18. The Morgan fingerprint density at radius 2 is 2.05 bits per heavy atom. The van der Waals surface area contributed by atoms with E-state index in [-0.39, 0.29) is 15.8 Å². The molecule has 0 amide bonds. The molecular formula is C14H18BrFN2O2. The summed E-state index contributed by atoms with van der Waals surface area (Å²) < 4.78 is 13.6. The lowest BCUT2D eigenvalue weighted by Gasteiger charge is -2.21. The molecule has 1 aromatic rings. The SMILES string of the molecule is O=[N+]([O-])c1cc(Br)c(F)cc1NCCC1CCCCC1. The largest absolute Gasteiger partial charge is 0.379 e. The highest BCUT2D eigenvalue weighted by molar-refractivity contribution is 9.10. The minimum Gasteiger partial charge on any atom is -0.379 e. The number of hydrogen-bond acceptors (Lipinski definition) is 3. The standard InChI is InChI=1S/C14H18BrFN2O2/c15-11-8-14(18(19)20)13(9-12(11)16)17-7-6-10-4-2-1-3-5-10/h8-10,17H,1-7H2. The van der Waals surface area contributed by atoms with E-state index in [0.29, 0.717) is 12.5 Å². The Morgan fingerprint density at radius 1 is 1.35 bits per heavy atom. The van der Waals surface area contributed by atoms with Gasteiger partial charge in [0.25, 0.3) is 5.69 Å². The Hall–Kier alpha value is -1.17. The average molecular weight is 345 g/mol. The minimum absolute atomic E-state index is 0.0954. The molecule has 4 nitrogen and oxygen atoms in total. The molecule has 1 N–H and O–H groups in total. The third kappa shape index (κ3) is 3.91. The molecule has 0 heterocycles. The van der Waals surface area contributed by atoms with Crippen molar-refractivity contribution in [3.8, 4) is 0 Å². The van der Waals surface area contributed by atoms with Crippen molar-refractivity contribution in [1.29, 1.82) is 0 Å². The van der Waals surface area contributed by atoms with Crippen molar-refractivity contribution in [1.82, 2.24) is 0 Å². The number of nitrogens with zero attached hydrogens (tertiary/aromatic N) is 1. The van der Waals surface area contributed by atoms with Crippen LogP contribution in [0, 0.1) is 21.8 Å². The van der Waals surface area contributed by atoms with Gasteiger partial charge in [0, 0.05) is 18.7 Å². The van der Waals surface area contributed by atoms with Crippen molar-refractivity contribution in [2.75, 3.05) is 11.9 Å². The summed E-state index contributed by atoms with van der Waals surface area (Å²) in [5.74, 6) is 0.200. The zero-order chi connectivity index (χ0) is 14.5. The number of halogens is 2. The molecule has 110 valence electrons. The van der Waals surface area contributed by atoms with Crippen molar-refractivity contribution in [3.63, 3.8) is 0 Å². The zero-order valence-corrected chi connectivity index (χ0v) is 12.8. The molecule has 0 spiro atoms. The van der Waals surface area contributed by atoms with Gasteiger partial charge >= 0.3 is 0 Å². The zero-order valence-electron chi connectivity index (χ0n) is 11.2. The summed E-state index contributed by atoms with van der Waals surface area (Å²) in [6.07, 6.45) is 7.31. The summed E-state index contributed by atoms with van der Waals surface area (Å²) in [6.45, 7) is 0.645. The number of hydrogen-bond donors (Lipinski definition) is 1. The van der Waals surface area contributed by atoms with E-state index in [1.165, 1.54) is 44.2 Å². The maximum absolute atomic E-state index is 13.5. The average Bonchev–Trinajstić information content (AvgIpc) is 2.43. The quantitative estimate of drug-likeness (QED) is 0.611. The first-order valence-corrected chi connectivity index (χ1v) is 7.74. The molecule has 0 saturated heterocycles. The fraction of sp³-hybridized carbons (Fsp3) is 0.571. The smallest absolute Gasteiger partial charge is 0.293 e. The summed E-state index contributed by atoms with van der Waals surface area (Å²) in [4.78, 5) is 10.5. The van der Waals surface area contributed by atoms with Crippen LogP contribution >= 0.6 is 15.9 Å². The van der Waals surface area contributed by atoms with E-state index in [4.69, 9.17) is 0 Å². The molecule has 1 aromatic carbocycles. The maximum Gasteiger partial charge on any atom is 0.293 e. The lowest BCUT2D eigenvalue weighted by molar-refractivity contribution is -0.384. The number of rotatable bonds is 5. The summed E-state index contributed by atoms with van der Waals surface area (Å²) in [6, 6.07) is 2.39. The van der Waals surface area contributed by atoms with Gasteiger partial charge in [-0.05, 0) is 28.3 Å². The van der Waals surface area contributed by atoms with Crippen LogP contribution in [0.25, 0.3) is 0 Å². The van der Waals surface area contributed by atoms with Crippen molar-refractivity contribution in [2.24, 2.45) is 5.92 Å². The summed E-state index contributed by atoms with van der Waals surface area (Å²) in [5.41, 5.74) is 0.161. The van der Waals surface area contributed by atoms with E-state index in [0.717, 1.165) is 6.42 Å². The first kappa shape index (κ1) is 15.2. The van der Waals surface area contributed by atoms with Crippen LogP contribution in [-0.4, -0.2) is 11.5 Å². The topological polar surface area (TPSA) is 55.2 Å². The van der Waals surface area contributed by atoms with E-state index in [2.05, 4.69) is 21.2 Å². The predicted molar refractivity (Wildman–Crippen MR) is 80.4 cm³/mol. The monoisotopic (exact) mass is 344 g/mol. The van der Waals surface area contributed by atoms with Crippen LogP contribution in [0.15, 0.2) is 16.6 Å². The van der Waals surface area contributed by atoms with E-state index >= 15 is 0 Å². The van der Waals surface area contributed by atoms with Crippen molar-refractivity contribution >= 4 is 27.3 Å². The first-order valence-electron chi connectivity index (χ1n) is 6.95. The number of nitro benzene ring substituents is 1. The molecule has 1 aliphatic rings. The number of nitro groups is 1. The lowest BCUT2D eigenvalue weighted by atomic mass is 9.87. The Bertz CT molecular complexity index is 490. The van der Waals surface area contributed by atoms with Gasteiger partial charge in [0.15, 0.2) is 0 Å². The summed E-state index contributed by atoms with van der Waals surface area (Å²) in [7, 11) is 0. The Labute approximate surface area is 126 Å². The second kappa shape index (κ2) is 7.02. The lowest BCUT2D eigenvalue weighted by Crippen LogP contribution is -2.13. The fourth-order valence-electron chi connectivity index (χ4n) is 2.72. The number of benzene rings is 1. The van der Waals surface area contributed by atoms with Crippen LogP contribution in [0.5, 0.6) is 0 Å². The van der Waals surface area contributed by atoms with E-state index < -0.39 is 10.7 Å². The molecule has 0 atom stereocenters. The van der Waals surface area contributed by atoms with Crippen LogP contribution in [0.1, 0.15) is 38.5 Å². The second-order valence-corrected chi connectivity index (χ2v) is 6.11. The number of anilines is 1. The maximum atomic E-state index is 13.5. The van der Waals surface area contributed by atoms with Gasteiger partial charge in [-0.3, -0.25) is 10.1 Å². The molecule has 1 aliphatic carbocycles. The van der Waals surface area contributed by atoms with Gasteiger partial charge in [-0.15, -0.1) is 0 Å². The van der Waals surface area contributed by atoms with Gasteiger partial charge in [0.2, 0.25) is 0 Å². The summed E-state index contributed by atoms with van der Waals surface area (Å²) in [5, 5.41) is 14.0. The molecule has 0 radical (unpaired) electrons. The minimum atomic E-state index is -0.493. The highest BCUT2D eigenvalue weighted by Crippen LogP contribution is 2.31. The molecule has 1 saturated carbocycles. The molecule has 20 heavy (non-hydrogen) atoms. The van der Waals surface area contributed by atoms with Crippen molar-refractivity contribution in [3.05, 3.63) is 32.5 Å². The van der Waals surface area contributed by atoms with E-state index in [1.807, 2.05) is 0 Å². The normalized spacial score (nSPS) is 16.1. The van der Waals surface area contributed by atoms with Gasteiger partial charge in [0.1, 0.15) is 11.5 Å². The molecule has 2 rings (SSSR count). The van der Waals surface area contributed by atoms with E-state index in [9.17, 15) is 14.5 Å². The summed E-state index contributed by atoms with van der Waals surface area (Å²) >= 11 is 2.97. The Morgan fingerprint density at radius 3 is 2.70 bits per heavy atom. The molecule has 0 unspecified atom stereocenters. The number of nitrogens with one attached hydrogen (secondary N) is 1. The second-order valence-electron chi connectivity index (χ2n) is 5.26. The third-order valence-electron chi connectivity index (χ3n) is 3.83. The molecule has 0 aromatic heterocycles. The van der Waals surface area contributed by atoms with Crippen molar-refractivity contribution in [2.45, 2.75) is 38.5 Å². The highest BCUT2D eigenvalue weighted by atomic mass is 79.9. The predicted octanol–water partition coefficient (Wildman–Crippen LogP) is 4.88. The van der Waals surface area contributed by atoms with Crippen molar-refractivity contribution < 1.29 is 9.31 Å². The fourth-order valence-corrected chi connectivity index (χ4v) is 3.05.